The number of urea groups is 1. The monoisotopic (exact) mass is 418 g/mol. The van der Waals surface area contributed by atoms with Crippen LogP contribution in [-0.4, -0.2) is 34.1 Å². The molecule has 7 heteroatoms. The maximum Gasteiger partial charge on any atom is 0.329 e. The number of carboxylic acids is 1. The zero-order chi connectivity index (χ0) is 15.6. The van der Waals surface area contributed by atoms with Gasteiger partial charge in [-0.2, -0.15) is 0 Å². The van der Waals surface area contributed by atoms with Crippen molar-refractivity contribution in [1.29, 1.82) is 0 Å². The Morgan fingerprint density at radius 3 is 2.76 bits per heavy atom. The van der Waals surface area contributed by atoms with E-state index in [2.05, 4.69) is 37.2 Å². The summed E-state index contributed by atoms with van der Waals surface area (Å²) in [5, 5.41) is 12.3. The number of carboxylic acid groups (broad SMARTS) is 1. The van der Waals surface area contributed by atoms with Crippen molar-refractivity contribution in [2.24, 2.45) is 0 Å². The lowest BCUT2D eigenvalue weighted by molar-refractivity contribution is -0.148. The van der Waals surface area contributed by atoms with Crippen molar-refractivity contribution < 1.29 is 14.7 Å². The fourth-order valence-corrected chi connectivity index (χ4v) is 3.40. The number of hydrogen-bond acceptors (Lipinski definition) is 2. The highest BCUT2D eigenvalue weighted by molar-refractivity contribution is 9.11. The Morgan fingerprint density at radius 2 is 2.14 bits per heavy atom. The van der Waals surface area contributed by atoms with Gasteiger partial charge in [-0.25, -0.2) is 9.59 Å². The SMILES string of the molecule is CCC1(C(=O)O)CCCN1C(=O)Nc1cc(Br)ccc1Br. The molecule has 1 aliphatic heterocycles. The molecule has 0 aliphatic carbocycles. The summed E-state index contributed by atoms with van der Waals surface area (Å²) < 4.78 is 1.58. The summed E-state index contributed by atoms with van der Waals surface area (Å²) in [6.07, 6.45) is 1.59. The van der Waals surface area contributed by atoms with Gasteiger partial charge in [0.1, 0.15) is 5.54 Å². The van der Waals surface area contributed by atoms with E-state index in [4.69, 9.17) is 0 Å². The van der Waals surface area contributed by atoms with E-state index < -0.39 is 11.5 Å². The molecular weight excluding hydrogens is 404 g/mol. The molecule has 21 heavy (non-hydrogen) atoms. The predicted octanol–water partition coefficient (Wildman–Crippen LogP) is 4.07. The molecule has 0 spiro atoms. The van der Waals surface area contributed by atoms with Gasteiger partial charge in [-0.3, -0.25) is 0 Å². The maximum atomic E-state index is 12.5. The molecule has 2 rings (SSSR count). The normalized spacial score (nSPS) is 21.4. The Hall–Kier alpha value is -1.08. The summed E-state index contributed by atoms with van der Waals surface area (Å²) in [7, 11) is 0. The third-order valence-electron chi connectivity index (χ3n) is 3.89. The minimum atomic E-state index is -1.09. The number of hydrogen-bond donors (Lipinski definition) is 2. The van der Waals surface area contributed by atoms with E-state index >= 15 is 0 Å². The van der Waals surface area contributed by atoms with E-state index in [0.29, 0.717) is 31.5 Å². The number of anilines is 1. The molecule has 1 fully saturated rings. The van der Waals surface area contributed by atoms with Crippen LogP contribution in [0.2, 0.25) is 0 Å². The maximum absolute atomic E-state index is 12.5. The largest absolute Gasteiger partial charge is 0.479 e. The lowest BCUT2D eigenvalue weighted by Gasteiger charge is -2.33. The molecule has 1 aromatic rings. The van der Waals surface area contributed by atoms with Crippen molar-refractivity contribution in [1.82, 2.24) is 4.90 Å². The van der Waals surface area contributed by atoms with Gasteiger partial charge in [0.05, 0.1) is 5.69 Å². The van der Waals surface area contributed by atoms with Gasteiger partial charge in [-0.05, 0) is 53.4 Å². The van der Waals surface area contributed by atoms with E-state index in [0.717, 1.165) is 8.95 Å². The first-order valence-electron chi connectivity index (χ1n) is 6.68. The van der Waals surface area contributed by atoms with Gasteiger partial charge >= 0.3 is 12.0 Å². The summed E-state index contributed by atoms with van der Waals surface area (Å²) in [5.74, 6) is -0.939. The number of rotatable bonds is 3. The highest BCUT2D eigenvalue weighted by atomic mass is 79.9. The van der Waals surface area contributed by atoms with Crippen molar-refractivity contribution >= 4 is 49.5 Å². The van der Waals surface area contributed by atoms with Crippen molar-refractivity contribution in [2.45, 2.75) is 31.7 Å². The fourth-order valence-electron chi connectivity index (χ4n) is 2.69. The van der Waals surface area contributed by atoms with Crippen LogP contribution in [0.5, 0.6) is 0 Å². The Labute approximate surface area is 140 Å². The lowest BCUT2D eigenvalue weighted by atomic mass is 9.93. The molecule has 1 saturated heterocycles. The smallest absolute Gasteiger partial charge is 0.329 e. The van der Waals surface area contributed by atoms with Gasteiger partial charge in [-0.1, -0.05) is 22.9 Å². The molecule has 0 saturated carbocycles. The first kappa shape index (κ1) is 16.3. The van der Waals surface area contributed by atoms with Crippen LogP contribution in [0, 0.1) is 0 Å². The third-order valence-corrected chi connectivity index (χ3v) is 5.07. The Balaban J connectivity index is 2.23. The van der Waals surface area contributed by atoms with Crippen LogP contribution in [0.15, 0.2) is 27.1 Å². The van der Waals surface area contributed by atoms with Crippen LogP contribution in [0.4, 0.5) is 10.5 Å². The van der Waals surface area contributed by atoms with Crippen molar-refractivity contribution in [3.63, 3.8) is 0 Å². The average molecular weight is 420 g/mol. The molecule has 2 amide bonds. The number of nitrogens with one attached hydrogen (secondary N) is 1. The second-order valence-electron chi connectivity index (χ2n) is 5.00. The van der Waals surface area contributed by atoms with Gasteiger partial charge in [0, 0.05) is 15.5 Å². The quantitative estimate of drug-likeness (QED) is 0.775. The number of likely N-dealkylation sites (tertiary alicyclic amines) is 1. The number of halogens is 2. The number of benzene rings is 1. The number of carbonyl (C=O) groups excluding carboxylic acids is 1. The molecule has 1 aliphatic rings. The fraction of sp³-hybridized carbons (Fsp3) is 0.429. The third kappa shape index (κ3) is 3.08. The summed E-state index contributed by atoms with van der Waals surface area (Å²) in [5.41, 5.74) is -0.487. The van der Waals surface area contributed by atoms with Gasteiger partial charge in [-0.15, -0.1) is 0 Å². The standard InChI is InChI=1S/C14H16Br2N2O3/c1-2-14(12(19)20)6-3-7-18(14)13(21)17-11-8-9(15)4-5-10(11)16/h4-5,8H,2-3,6-7H2,1H3,(H,17,21)(H,19,20). The van der Waals surface area contributed by atoms with Crippen molar-refractivity contribution in [3.8, 4) is 0 Å². The molecule has 0 aromatic heterocycles. The summed E-state index contributed by atoms with van der Waals surface area (Å²) in [6.45, 7) is 2.26. The van der Waals surface area contributed by atoms with E-state index in [9.17, 15) is 14.7 Å². The first-order chi connectivity index (χ1) is 9.90. The van der Waals surface area contributed by atoms with E-state index in [-0.39, 0.29) is 6.03 Å². The number of amides is 2. The Morgan fingerprint density at radius 1 is 1.43 bits per heavy atom. The molecule has 1 heterocycles. The average Bonchev–Trinajstić information content (AvgIpc) is 2.88. The lowest BCUT2D eigenvalue weighted by Crippen LogP contribution is -2.54. The summed E-state index contributed by atoms with van der Waals surface area (Å²) >= 11 is 6.72. The molecule has 0 radical (unpaired) electrons. The number of carbonyl (C=O) groups is 2. The molecule has 5 nitrogen and oxygen atoms in total. The molecule has 2 N–H and O–H groups in total. The predicted molar refractivity (Wildman–Crippen MR) is 87.5 cm³/mol. The van der Waals surface area contributed by atoms with Crippen LogP contribution in [-0.2, 0) is 4.79 Å². The van der Waals surface area contributed by atoms with Gasteiger partial charge < -0.3 is 15.3 Å². The van der Waals surface area contributed by atoms with Crippen LogP contribution < -0.4 is 5.32 Å². The summed E-state index contributed by atoms with van der Waals surface area (Å²) in [6, 6.07) is 5.05. The van der Waals surface area contributed by atoms with E-state index in [1.54, 1.807) is 13.0 Å². The second kappa shape index (κ2) is 6.36. The molecular formula is C14H16Br2N2O3. The molecule has 114 valence electrons. The van der Waals surface area contributed by atoms with Crippen molar-refractivity contribution in [3.05, 3.63) is 27.1 Å². The first-order valence-corrected chi connectivity index (χ1v) is 8.26. The van der Waals surface area contributed by atoms with Crippen molar-refractivity contribution in [2.75, 3.05) is 11.9 Å². The van der Waals surface area contributed by atoms with Gasteiger partial charge in [0.15, 0.2) is 0 Å². The van der Waals surface area contributed by atoms with E-state index in [1.807, 2.05) is 12.1 Å². The molecule has 1 atom stereocenters. The topological polar surface area (TPSA) is 69.6 Å². The van der Waals surface area contributed by atoms with Crippen LogP contribution in [0.1, 0.15) is 26.2 Å². The zero-order valence-electron chi connectivity index (χ0n) is 11.5. The highest BCUT2D eigenvalue weighted by Gasteiger charge is 2.48. The second-order valence-corrected chi connectivity index (χ2v) is 6.77. The Kier molecular flexibility index (Phi) is 4.93. The van der Waals surface area contributed by atoms with E-state index in [1.165, 1.54) is 4.90 Å². The highest BCUT2D eigenvalue weighted by Crippen LogP contribution is 2.34. The minimum Gasteiger partial charge on any atom is -0.479 e. The van der Waals surface area contributed by atoms with Gasteiger partial charge in [0.25, 0.3) is 0 Å². The number of nitrogens with zero attached hydrogens (tertiary/aromatic N) is 1. The Bertz CT molecular complexity index is 579. The summed E-state index contributed by atoms with van der Waals surface area (Å²) in [4.78, 5) is 25.5. The van der Waals surface area contributed by atoms with Crippen LogP contribution in [0.3, 0.4) is 0 Å². The zero-order valence-corrected chi connectivity index (χ0v) is 14.7. The van der Waals surface area contributed by atoms with Crippen LogP contribution >= 0.6 is 31.9 Å². The minimum absolute atomic E-state index is 0.379. The van der Waals surface area contributed by atoms with Crippen LogP contribution in [0.25, 0.3) is 0 Å². The molecule has 1 unspecified atom stereocenters. The van der Waals surface area contributed by atoms with Gasteiger partial charge in [0.2, 0.25) is 0 Å². The number of aliphatic carboxylic acids is 1. The molecule has 1 aromatic carbocycles. The molecule has 0 bridgehead atoms.